The van der Waals surface area contributed by atoms with Crippen molar-refractivity contribution in [2.75, 3.05) is 0 Å². The average molecular weight is 303 g/mol. The largest absolute Gasteiger partial charge is 0.479 e. The smallest absolute Gasteiger partial charge is 0.341 e. The number of hydrogen-bond acceptors (Lipinski definition) is 4. The number of carboxylic acid groups (broad SMARTS) is 1. The van der Waals surface area contributed by atoms with Crippen LogP contribution in [0.25, 0.3) is 0 Å². The Bertz CT molecular complexity index is 572. The molecule has 2 aliphatic rings. The Balaban J connectivity index is 1.60. The minimum absolute atomic E-state index is 0.196. The zero-order valence-electron chi connectivity index (χ0n) is 12.3. The topological polar surface area (TPSA) is 90.5 Å². The maximum absolute atomic E-state index is 12.3. The maximum atomic E-state index is 12.3. The van der Waals surface area contributed by atoms with Gasteiger partial charge in [-0.15, -0.1) is 0 Å². The van der Waals surface area contributed by atoms with E-state index >= 15 is 0 Å². The molecule has 1 aliphatic heterocycles. The number of nitrogens with one attached hydrogen (secondary N) is 3. The summed E-state index contributed by atoms with van der Waals surface area (Å²) in [5.41, 5.74) is 2.33. The molecule has 118 valence electrons. The molecule has 0 aromatic heterocycles. The van der Waals surface area contributed by atoms with Crippen LogP contribution in [0.3, 0.4) is 0 Å². The van der Waals surface area contributed by atoms with Crippen molar-refractivity contribution in [3.05, 3.63) is 35.4 Å². The van der Waals surface area contributed by atoms with Crippen LogP contribution < -0.4 is 16.0 Å². The average Bonchev–Trinajstić information content (AvgIpc) is 2.48. The highest BCUT2D eigenvalue weighted by Crippen LogP contribution is 2.19. The Hall–Kier alpha value is -1.92. The first-order valence-electron chi connectivity index (χ1n) is 7.73. The van der Waals surface area contributed by atoms with Crippen LogP contribution >= 0.6 is 0 Å². The summed E-state index contributed by atoms with van der Waals surface area (Å²) in [4.78, 5) is 23.6. The highest BCUT2D eigenvalue weighted by molar-refractivity contribution is 5.87. The number of fused-ring (bicyclic) bond motifs is 1. The highest BCUT2D eigenvalue weighted by Gasteiger charge is 2.30. The number of carboxylic acids is 1. The number of amides is 1. The Morgan fingerprint density at radius 2 is 1.95 bits per heavy atom. The van der Waals surface area contributed by atoms with Crippen LogP contribution in [-0.2, 0) is 22.6 Å². The molecule has 0 spiro atoms. The first kappa shape index (κ1) is 15.0. The molecule has 0 unspecified atom stereocenters. The van der Waals surface area contributed by atoms with Gasteiger partial charge in [-0.1, -0.05) is 30.7 Å². The second-order valence-electron chi connectivity index (χ2n) is 5.98. The zero-order chi connectivity index (χ0) is 15.5. The lowest BCUT2D eigenvalue weighted by molar-refractivity contribution is -0.143. The molecule has 1 aromatic rings. The summed E-state index contributed by atoms with van der Waals surface area (Å²) in [5, 5.41) is 18.0. The number of aliphatic carboxylic acids is 1. The molecule has 0 saturated heterocycles. The number of carbonyl (C=O) groups excluding carboxylic acids is 1. The lowest BCUT2D eigenvalue weighted by atomic mass is 9.93. The molecule has 1 aliphatic carbocycles. The summed E-state index contributed by atoms with van der Waals surface area (Å²) in [6, 6.07) is 7.79. The third kappa shape index (κ3) is 3.28. The van der Waals surface area contributed by atoms with Crippen LogP contribution in [-0.4, -0.2) is 35.2 Å². The summed E-state index contributed by atoms with van der Waals surface area (Å²) < 4.78 is 0. The molecule has 1 fully saturated rings. The van der Waals surface area contributed by atoms with Crippen molar-refractivity contribution in [3.63, 3.8) is 0 Å². The first-order valence-corrected chi connectivity index (χ1v) is 7.73. The predicted octanol–water partition coefficient (Wildman–Crippen LogP) is 0.370. The van der Waals surface area contributed by atoms with Gasteiger partial charge in [0.25, 0.3) is 0 Å². The van der Waals surface area contributed by atoms with Gasteiger partial charge in [0.1, 0.15) is 0 Å². The van der Waals surface area contributed by atoms with Gasteiger partial charge in [0.15, 0.2) is 6.17 Å². The van der Waals surface area contributed by atoms with Crippen molar-refractivity contribution in [1.82, 2.24) is 16.0 Å². The van der Waals surface area contributed by atoms with Gasteiger partial charge < -0.3 is 15.7 Å². The van der Waals surface area contributed by atoms with E-state index in [2.05, 4.69) is 16.0 Å². The monoisotopic (exact) mass is 303 g/mol. The van der Waals surface area contributed by atoms with Gasteiger partial charge in [0, 0.05) is 12.6 Å². The van der Waals surface area contributed by atoms with Crippen LogP contribution in [0, 0.1) is 0 Å². The SMILES string of the molecule is O=C(O)[C@@H](NC(=O)[C@@H]1Cc2ccccc2CN1)NC1CCC1. The molecule has 4 N–H and O–H groups in total. The molecule has 0 bridgehead atoms. The van der Waals surface area contributed by atoms with Crippen molar-refractivity contribution in [3.8, 4) is 0 Å². The van der Waals surface area contributed by atoms with Crippen LogP contribution in [0.5, 0.6) is 0 Å². The van der Waals surface area contributed by atoms with Gasteiger partial charge in [-0.05, 0) is 30.4 Å². The molecule has 22 heavy (non-hydrogen) atoms. The van der Waals surface area contributed by atoms with Crippen LogP contribution in [0.4, 0.5) is 0 Å². The number of hydrogen-bond donors (Lipinski definition) is 4. The fourth-order valence-corrected chi connectivity index (χ4v) is 2.87. The van der Waals surface area contributed by atoms with Crippen LogP contribution in [0.15, 0.2) is 24.3 Å². The zero-order valence-corrected chi connectivity index (χ0v) is 12.3. The third-order valence-electron chi connectivity index (χ3n) is 4.44. The Kier molecular flexibility index (Phi) is 4.40. The van der Waals surface area contributed by atoms with Crippen molar-refractivity contribution in [1.29, 1.82) is 0 Å². The molecule has 0 radical (unpaired) electrons. The van der Waals surface area contributed by atoms with E-state index < -0.39 is 12.1 Å². The van der Waals surface area contributed by atoms with Crippen LogP contribution in [0.1, 0.15) is 30.4 Å². The normalized spacial score (nSPS) is 22.3. The predicted molar refractivity (Wildman–Crippen MR) is 81.1 cm³/mol. The quantitative estimate of drug-likeness (QED) is 0.590. The van der Waals surface area contributed by atoms with Crippen molar-refractivity contribution < 1.29 is 14.7 Å². The standard InChI is InChI=1S/C16H21N3O3/c20-15(19-14(16(21)22)18-12-6-3-7-12)13-8-10-4-1-2-5-11(10)9-17-13/h1-2,4-5,12-14,17-18H,3,6-9H2,(H,19,20)(H,21,22)/t13-,14+/m0/s1. The van der Waals surface area contributed by atoms with Crippen LogP contribution in [0.2, 0.25) is 0 Å². The lowest BCUT2D eigenvalue weighted by Crippen LogP contribution is -2.59. The fourth-order valence-electron chi connectivity index (χ4n) is 2.87. The van der Waals surface area contributed by atoms with Crippen molar-refractivity contribution in [2.45, 2.75) is 50.5 Å². The molecule has 2 atom stereocenters. The van der Waals surface area contributed by atoms with E-state index in [-0.39, 0.29) is 18.0 Å². The van der Waals surface area contributed by atoms with E-state index in [1.54, 1.807) is 0 Å². The molecular formula is C16H21N3O3. The van der Waals surface area contributed by atoms with Gasteiger partial charge in [-0.25, -0.2) is 4.79 Å². The molecule has 1 aromatic carbocycles. The van der Waals surface area contributed by atoms with Gasteiger partial charge in [0.2, 0.25) is 5.91 Å². The highest BCUT2D eigenvalue weighted by atomic mass is 16.4. The van der Waals surface area contributed by atoms with E-state index in [9.17, 15) is 14.7 Å². The molecule has 6 nitrogen and oxygen atoms in total. The molecule has 1 saturated carbocycles. The Labute approximate surface area is 129 Å². The Morgan fingerprint density at radius 1 is 1.23 bits per heavy atom. The molecular weight excluding hydrogens is 282 g/mol. The molecule has 1 amide bonds. The summed E-state index contributed by atoms with van der Waals surface area (Å²) >= 11 is 0. The molecule has 3 rings (SSSR count). The van der Waals surface area contributed by atoms with Crippen molar-refractivity contribution in [2.24, 2.45) is 0 Å². The van der Waals surface area contributed by atoms with Gasteiger partial charge in [0.05, 0.1) is 6.04 Å². The molecule has 6 heteroatoms. The van der Waals surface area contributed by atoms with Gasteiger partial charge >= 0.3 is 5.97 Å². The molecule has 1 heterocycles. The second kappa shape index (κ2) is 6.46. The summed E-state index contributed by atoms with van der Waals surface area (Å²) in [7, 11) is 0. The number of rotatable bonds is 5. The minimum Gasteiger partial charge on any atom is -0.479 e. The van der Waals surface area contributed by atoms with E-state index in [1.165, 1.54) is 5.56 Å². The third-order valence-corrected chi connectivity index (χ3v) is 4.44. The number of benzene rings is 1. The number of carbonyl (C=O) groups is 2. The van der Waals surface area contributed by atoms with E-state index in [4.69, 9.17) is 0 Å². The first-order chi connectivity index (χ1) is 10.6. The fraction of sp³-hybridized carbons (Fsp3) is 0.500. The maximum Gasteiger partial charge on any atom is 0.341 e. The van der Waals surface area contributed by atoms with Crippen molar-refractivity contribution >= 4 is 11.9 Å². The Morgan fingerprint density at radius 3 is 2.59 bits per heavy atom. The second-order valence-corrected chi connectivity index (χ2v) is 5.98. The van der Waals surface area contributed by atoms with E-state index in [0.29, 0.717) is 13.0 Å². The lowest BCUT2D eigenvalue weighted by Gasteiger charge is -2.31. The summed E-state index contributed by atoms with van der Waals surface area (Å²) in [6.45, 7) is 0.627. The van der Waals surface area contributed by atoms with Gasteiger partial charge in [-0.2, -0.15) is 0 Å². The van der Waals surface area contributed by atoms with E-state index in [0.717, 1.165) is 24.8 Å². The summed E-state index contributed by atoms with van der Waals surface area (Å²) in [5.74, 6) is -1.31. The van der Waals surface area contributed by atoms with E-state index in [1.807, 2.05) is 24.3 Å². The van der Waals surface area contributed by atoms with Gasteiger partial charge in [-0.3, -0.25) is 10.1 Å². The summed E-state index contributed by atoms with van der Waals surface area (Å²) in [6.07, 6.45) is 2.61. The minimum atomic E-state index is -1.04.